The van der Waals surface area contributed by atoms with E-state index in [0.717, 1.165) is 11.1 Å². The molecule has 7 heteroatoms. The molecule has 0 aliphatic carbocycles. The predicted octanol–water partition coefficient (Wildman–Crippen LogP) is 5.74. The number of rotatable bonds is 6. The van der Waals surface area contributed by atoms with Gasteiger partial charge in [-0.1, -0.05) is 19.4 Å². The second-order valence-corrected chi connectivity index (χ2v) is 6.53. The molecule has 0 aromatic carbocycles. The molecule has 0 fully saturated rings. The van der Waals surface area contributed by atoms with Gasteiger partial charge in [-0.05, 0) is 48.9 Å². The summed E-state index contributed by atoms with van der Waals surface area (Å²) in [4.78, 5) is 5.06. The van der Waals surface area contributed by atoms with E-state index in [0.29, 0.717) is 23.5 Å². The van der Waals surface area contributed by atoms with Crippen molar-refractivity contribution in [2.45, 2.75) is 46.3 Å². The van der Waals surface area contributed by atoms with E-state index < -0.39 is 11.9 Å². The molecule has 0 bridgehead atoms. The summed E-state index contributed by atoms with van der Waals surface area (Å²) in [6.45, 7) is 5.82. The van der Waals surface area contributed by atoms with Gasteiger partial charge < -0.3 is 9.73 Å². The molecule has 2 aromatic heterocycles. The lowest BCUT2D eigenvalue weighted by atomic mass is 10.2. The van der Waals surface area contributed by atoms with Gasteiger partial charge in [-0.25, -0.2) is 0 Å². The molecule has 0 aliphatic heterocycles. The van der Waals surface area contributed by atoms with E-state index in [-0.39, 0.29) is 12.4 Å². The molecule has 0 unspecified atom stereocenters. The van der Waals surface area contributed by atoms with Gasteiger partial charge in [0.1, 0.15) is 17.3 Å². The quantitative estimate of drug-likeness (QED) is 0.520. The van der Waals surface area contributed by atoms with E-state index in [9.17, 15) is 13.2 Å². The van der Waals surface area contributed by atoms with E-state index >= 15 is 0 Å². The molecule has 2 rings (SSSR count). The summed E-state index contributed by atoms with van der Waals surface area (Å²) < 4.78 is 45.2. The molecule has 0 spiro atoms. The van der Waals surface area contributed by atoms with Crippen LogP contribution < -0.4 is 5.32 Å². The van der Waals surface area contributed by atoms with E-state index in [4.69, 9.17) is 4.42 Å². The fraction of sp³-hybridized carbons (Fsp3) is 0.389. The number of amidine groups is 1. The monoisotopic (exact) mass is 370 g/mol. The second kappa shape index (κ2) is 8.38. The number of aliphatic imine (C=N–C) groups is 1. The maximum Gasteiger partial charge on any atom is 0.430 e. The number of hydrogen-bond donors (Lipinski definition) is 1. The van der Waals surface area contributed by atoms with Gasteiger partial charge in [-0.2, -0.15) is 13.2 Å². The van der Waals surface area contributed by atoms with Crippen LogP contribution >= 0.6 is 11.3 Å². The molecule has 0 aliphatic rings. The van der Waals surface area contributed by atoms with Crippen molar-refractivity contribution in [2.75, 3.05) is 0 Å². The second-order valence-electron chi connectivity index (χ2n) is 5.65. The molecular formula is C18H21F3N2OS. The van der Waals surface area contributed by atoms with E-state index in [1.807, 2.05) is 26.2 Å². The lowest BCUT2D eigenvalue weighted by molar-refractivity contribution is -0.0951. The lowest BCUT2D eigenvalue weighted by Gasteiger charge is -2.16. The maximum absolute atomic E-state index is 13.3. The van der Waals surface area contributed by atoms with Crippen LogP contribution in [0.2, 0.25) is 0 Å². The van der Waals surface area contributed by atoms with E-state index in [1.54, 1.807) is 12.1 Å². The minimum absolute atomic E-state index is 0.171. The molecule has 2 heterocycles. The van der Waals surface area contributed by atoms with Crippen LogP contribution in [0.3, 0.4) is 0 Å². The Labute approximate surface area is 149 Å². The van der Waals surface area contributed by atoms with E-state index in [1.165, 1.54) is 23.7 Å². The highest BCUT2D eigenvalue weighted by Gasteiger charge is 2.34. The van der Waals surface area contributed by atoms with Crippen LogP contribution in [-0.2, 0) is 6.54 Å². The number of thiophene rings is 1. The summed E-state index contributed by atoms with van der Waals surface area (Å²) in [6.07, 6.45) is -0.785. The Kier molecular flexibility index (Phi) is 6.47. The summed E-state index contributed by atoms with van der Waals surface area (Å²) in [7, 11) is 0. The molecule has 3 nitrogen and oxygen atoms in total. The molecule has 136 valence electrons. The topological polar surface area (TPSA) is 37.5 Å². The number of aryl methyl sites for hydroxylation is 1. The van der Waals surface area contributed by atoms with Gasteiger partial charge in [0.15, 0.2) is 0 Å². The van der Waals surface area contributed by atoms with Gasteiger partial charge in [0.25, 0.3) is 0 Å². The molecular weight excluding hydrogens is 349 g/mol. The van der Waals surface area contributed by atoms with Crippen LogP contribution in [-0.4, -0.2) is 12.0 Å². The van der Waals surface area contributed by atoms with Crippen LogP contribution in [0.25, 0.3) is 0 Å². The van der Waals surface area contributed by atoms with Crippen LogP contribution in [0.1, 0.15) is 41.5 Å². The first-order valence-corrected chi connectivity index (χ1v) is 8.87. The third-order valence-corrected chi connectivity index (χ3v) is 4.88. The van der Waals surface area contributed by atoms with E-state index in [2.05, 4.69) is 10.3 Å². The largest absolute Gasteiger partial charge is 0.467 e. The van der Waals surface area contributed by atoms with Gasteiger partial charge in [-0.3, -0.25) is 4.99 Å². The van der Waals surface area contributed by atoms with Crippen LogP contribution in [0, 0.1) is 13.8 Å². The number of nitrogens with one attached hydrogen (secondary N) is 1. The predicted molar refractivity (Wildman–Crippen MR) is 94.9 cm³/mol. The number of hydrogen-bond acceptors (Lipinski definition) is 3. The smallest absolute Gasteiger partial charge is 0.430 e. The molecule has 2 aromatic rings. The normalized spacial score (nSPS) is 13.4. The van der Waals surface area contributed by atoms with Crippen molar-refractivity contribution in [1.29, 1.82) is 0 Å². The van der Waals surface area contributed by atoms with Crippen molar-refractivity contribution in [1.82, 2.24) is 5.32 Å². The number of alkyl halides is 3. The Hall–Kier alpha value is -2.02. The van der Waals surface area contributed by atoms with Crippen molar-refractivity contribution in [3.63, 3.8) is 0 Å². The zero-order valence-electron chi connectivity index (χ0n) is 14.4. The minimum atomic E-state index is -4.46. The molecule has 0 amide bonds. The molecule has 0 radical (unpaired) electrons. The molecule has 25 heavy (non-hydrogen) atoms. The van der Waals surface area contributed by atoms with Gasteiger partial charge in [0.2, 0.25) is 0 Å². The van der Waals surface area contributed by atoms with Crippen molar-refractivity contribution >= 4 is 17.2 Å². The molecule has 0 saturated carbocycles. The van der Waals surface area contributed by atoms with Gasteiger partial charge in [0, 0.05) is 0 Å². The highest BCUT2D eigenvalue weighted by molar-refractivity contribution is 7.12. The van der Waals surface area contributed by atoms with Gasteiger partial charge in [-0.15, -0.1) is 11.3 Å². The summed E-state index contributed by atoms with van der Waals surface area (Å²) in [5.41, 5.74) is 1.17. The number of furan rings is 1. The Balaban J connectivity index is 2.36. The average molecular weight is 370 g/mol. The van der Waals surface area contributed by atoms with Gasteiger partial charge in [0.05, 0.1) is 17.7 Å². The van der Waals surface area contributed by atoms with Crippen molar-refractivity contribution in [3.8, 4) is 0 Å². The van der Waals surface area contributed by atoms with Crippen molar-refractivity contribution in [2.24, 2.45) is 4.99 Å². The summed E-state index contributed by atoms with van der Waals surface area (Å²) >= 11 is 1.38. The third-order valence-electron chi connectivity index (χ3n) is 3.67. The number of allylic oxidation sites excluding steroid dienone is 2. The Morgan fingerprint density at radius 1 is 1.36 bits per heavy atom. The molecule has 0 atom stereocenters. The summed E-state index contributed by atoms with van der Waals surface area (Å²) in [6, 6.07) is 3.46. The molecule has 1 N–H and O–H groups in total. The first-order chi connectivity index (χ1) is 11.8. The Morgan fingerprint density at radius 2 is 2.12 bits per heavy atom. The highest BCUT2D eigenvalue weighted by Crippen LogP contribution is 2.27. The van der Waals surface area contributed by atoms with Crippen LogP contribution in [0.15, 0.2) is 45.0 Å². The minimum Gasteiger partial charge on any atom is -0.467 e. The summed E-state index contributed by atoms with van der Waals surface area (Å²) in [5, 5.41) is 4.43. The third kappa shape index (κ3) is 5.22. The van der Waals surface area contributed by atoms with Crippen molar-refractivity contribution in [3.05, 3.63) is 57.3 Å². The van der Waals surface area contributed by atoms with Crippen molar-refractivity contribution < 1.29 is 17.6 Å². The first-order valence-electron chi connectivity index (χ1n) is 7.99. The maximum atomic E-state index is 13.3. The first kappa shape index (κ1) is 19.3. The zero-order chi connectivity index (χ0) is 18.4. The molecule has 0 saturated heterocycles. The fourth-order valence-corrected chi connectivity index (χ4v) is 3.15. The Morgan fingerprint density at radius 3 is 2.64 bits per heavy atom. The number of halogens is 3. The summed E-state index contributed by atoms with van der Waals surface area (Å²) in [5.74, 6) is 0.808. The Bertz CT molecular complexity index is 743. The number of nitrogens with zero attached hydrogens (tertiary/aromatic N) is 1. The van der Waals surface area contributed by atoms with Crippen LogP contribution in [0.4, 0.5) is 13.2 Å². The highest BCUT2D eigenvalue weighted by atomic mass is 32.1. The zero-order valence-corrected chi connectivity index (χ0v) is 15.2. The van der Waals surface area contributed by atoms with Gasteiger partial charge >= 0.3 is 6.18 Å². The van der Waals surface area contributed by atoms with Crippen LogP contribution in [0.5, 0.6) is 0 Å². The lowest BCUT2D eigenvalue weighted by Crippen LogP contribution is -2.32. The SMILES string of the molecule is CCC/C=C(/NC(=NCc1ccco1)c1scc(C)c1C)C(F)(F)F. The fourth-order valence-electron chi connectivity index (χ4n) is 2.12. The number of unbranched alkanes of at least 4 members (excludes halogenated alkanes) is 1. The standard InChI is InChI=1S/C18H21F3N2OS/c1-4-5-8-15(18(19,20)21)23-17(16-13(3)12(2)11-25-16)22-10-14-7-6-9-24-14/h6-9,11H,4-5,10H2,1-3H3,(H,22,23)/b15-8+. The average Bonchev–Trinajstić information content (AvgIpc) is 3.17.